The summed E-state index contributed by atoms with van der Waals surface area (Å²) < 4.78 is 5.29. The normalized spacial score (nSPS) is 19.7. The molecule has 8 heteroatoms. The van der Waals surface area contributed by atoms with E-state index in [1.165, 1.54) is 7.11 Å². The van der Waals surface area contributed by atoms with Gasteiger partial charge in [0.05, 0.1) is 29.7 Å². The molecule has 128 valence electrons. The molecule has 1 amide bonds. The summed E-state index contributed by atoms with van der Waals surface area (Å²) in [7, 11) is 1.51. The second-order valence-corrected chi connectivity index (χ2v) is 6.37. The Morgan fingerprint density at radius 1 is 1.46 bits per heavy atom. The maximum atomic E-state index is 12.2. The van der Waals surface area contributed by atoms with Crippen molar-refractivity contribution in [2.45, 2.75) is 19.0 Å². The zero-order chi connectivity index (χ0) is 17.6. The van der Waals surface area contributed by atoms with Gasteiger partial charge in [-0.2, -0.15) is 0 Å². The minimum Gasteiger partial charge on any atom is -0.495 e. The van der Waals surface area contributed by atoms with Crippen molar-refractivity contribution in [3.63, 3.8) is 0 Å². The third-order valence-electron chi connectivity index (χ3n) is 4.48. The number of pyridine rings is 1. The first-order chi connectivity index (χ1) is 11.5. The molecule has 3 rings (SSSR count). The third kappa shape index (κ3) is 2.33. The number of aliphatic hydroxyl groups excluding tert-OH is 1. The zero-order valence-corrected chi connectivity index (χ0v) is 14.7. The molecule has 1 aliphatic rings. The first-order valence-corrected chi connectivity index (χ1v) is 8.18. The van der Waals surface area contributed by atoms with E-state index in [1.807, 2.05) is 6.92 Å². The molecule has 0 aliphatic carbocycles. The quantitative estimate of drug-likeness (QED) is 0.867. The molecule has 1 aromatic carbocycles. The summed E-state index contributed by atoms with van der Waals surface area (Å²) in [6.07, 6.45) is 1.67. The van der Waals surface area contributed by atoms with Gasteiger partial charge in [0.2, 0.25) is 5.91 Å². The molecule has 1 aliphatic heterocycles. The molecule has 3 N–H and O–H groups in total. The Morgan fingerprint density at radius 2 is 2.17 bits per heavy atom. The van der Waals surface area contributed by atoms with E-state index in [-0.39, 0.29) is 24.5 Å². The fourth-order valence-corrected chi connectivity index (χ4v) is 3.90. The van der Waals surface area contributed by atoms with Crippen LogP contribution in [0.3, 0.4) is 0 Å². The van der Waals surface area contributed by atoms with Crippen LogP contribution in [0.2, 0.25) is 10.0 Å². The molecular weight excluding hydrogens is 353 g/mol. The van der Waals surface area contributed by atoms with Gasteiger partial charge >= 0.3 is 0 Å². The van der Waals surface area contributed by atoms with Crippen molar-refractivity contribution < 1.29 is 14.6 Å². The van der Waals surface area contributed by atoms with Crippen LogP contribution in [0.4, 0.5) is 0 Å². The Morgan fingerprint density at radius 3 is 2.75 bits per heavy atom. The Balaban J connectivity index is 2.31. The number of halogens is 2. The first-order valence-electron chi connectivity index (χ1n) is 7.42. The number of nitrogens with two attached hydrogens (primary N) is 1. The van der Waals surface area contributed by atoms with Crippen LogP contribution in [0.25, 0.3) is 10.9 Å². The molecule has 6 nitrogen and oxygen atoms in total. The number of hydrogen-bond donors (Lipinski definition) is 2. The van der Waals surface area contributed by atoms with E-state index in [1.54, 1.807) is 17.2 Å². The molecule has 0 bridgehead atoms. The lowest BCUT2D eigenvalue weighted by Gasteiger charge is -2.27. The van der Waals surface area contributed by atoms with Crippen LogP contribution in [-0.2, 0) is 4.79 Å². The summed E-state index contributed by atoms with van der Waals surface area (Å²) in [5.41, 5.74) is 8.16. The Hall–Kier alpha value is -1.60. The van der Waals surface area contributed by atoms with Gasteiger partial charge in [0.25, 0.3) is 0 Å². The van der Waals surface area contributed by atoms with E-state index in [0.29, 0.717) is 21.3 Å². The first kappa shape index (κ1) is 17.2. The summed E-state index contributed by atoms with van der Waals surface area (Å²) in [5.74, 6) is 0.0575. The van der Waals surface area contributed by atoms with E-state index in [4.69, 9.17) is 33.7 Å². The van der Waals surface area contributed by atoms with Gasteiger partial charge < -0.3 is 20.5 Å². The average molecular weight is 370 g/mol. The predicted octanol–water partition coefficient (Wildman–Crippen LogP) is 2.45. The number of aliphatic hydroxyl groups is 1. The Bertz CT molecular complexity index is 828. The van der Waals surface area contributed by atoms with Gasteiger partial charge in [0, 0.05) is 23.7 Å². The number of fused-ring (bicyclic) bond motifs is 3. The second-order valence-electron chi connectivity index (χ2n) is 5.62. The van der Waals surface area contributed by atoms with Gasteiger partial charge in [-0.3, -0.25) is 9.78 Å². The molecule has 0 spiro atoms. The molecule has 1 aromatic heterocycles. The van der Waals surface area contributed by atoms with Crippen molar-refractivity contribution in [3.8, 4) is 5.75 Å². The maximum absolute atomic E-state index is 12.2. The van der Waals surface area contributed by atoms with E-state index in [0.717, 1.165) is 16.5 Å². The van der Waals surface area contributed by atoms with Crippen LogP contribution in [0, 0.1) is 0 Å². The molecule has 24 heavy (non-hydrogen) atoms. The summed E-state index contributed by atoms with van der Waals surface area (Å²) in [4.78, 5) is 18.2. The fourth-order valence-electron chi connectivity index (χ4n) is 3.43. The predicted molar refractivity (Wildman–Crippen MR) is 92.5 cm³/mol. The highest BCUT2D eigenvalue weighted by molar-refractivity contribution is 6.46. The monoisotopic (exact) mass is 369 g/mol. The smallest absolute Gasteiger partial charge is 0.249 e. The topological polar surface area (TPSA) is 88.7 Å². The summed E-state index contributed by atoms with van der Waals surface area (Å²) in [6.45, 7) is 1.54. The highest BCUT2D eigenvalue weighted by Gasteiger charge is 2.39. The number of nitrogens with zero attached hydrogens (tertiary/aromatic N) is 2. The molecule has 2 atom stereocenters. The number of rotatable bonds is 3. The van der Waals surface area contributed by atoms with Gasteiger partial charge in [-0.1, -0.05) is 23.2 Å². The molecule has 0 saturated heterocycles. The van der Waals surface area contributed by atoms with Crippen molar-refractivity contribution in [2.24, 2.45) is 5.73 Å². The van der Waals surface area contributed by atoms with Crippen LogP contribution in [-0.4, -0.2) is 41.2 Å². The average Bonchev–Trinajstić information content (AvgIpc) is 2.89. The number of hydrogen-bond acceptors (Lipinski definition) is 5. The molecule has 0 fully saturated rings. The van der Waals surface area contributed by atoms with Gasteiger partial charge in [-0.05, 0) is 18.6 Å². The van der Waals surface area contributed by atoms with Crippen molar-refractivity contribution >= 4 is 40.0 Å². The third-order valence-corrected chi connectivity index (χ3v) is 5.32. The van der Waals surface area contributed by atoms with E-state index < -0.39 is 6.61 Å². The number of methoxy groups -OCH3 is 1. The van der Waals surface area contributed by atoms with E-state index >= 15 is 0 Å². The number of carbonyl (C=O) groups is 1. The Labute approximate surface area is 149 Å². The SMILES string of the molecule is COc1cc2c3c(cnc2c(Cl)c1Cl)[C@@H](CN)N(C(=O)CO)[C@H]3C. The minimum absolute atomic E-state index is 0.231. The number of ether oxygens (including phenoxy) is 1. The standard InChI is InChI=1S/C16H17Cl2N3O3/c1-7-13-8-3-11(24-2)14(17)15(18)16(8)20-5-9(13)10(4-19)21(7)12(23)6-22/h3,5,7,10,22H,4,6,19H2,1-2H3/t7-,10+/m0/s1. The zero-order valence-electron chi connectivity index (χ0n) is 13.2. The van der Waals surface area contributed by atoms with Crippen LogP contribution < -0.4 is 10.5 Å². The number of benzene rings is 1. The summed E-state index contributed by atoms with van der Waals surface area (Å²) in [5, 5.41) is 10.6. The fraction of sp³-hybridized carbons (Fsp3) is 0.375. The highest BCUT2D eigenvalue weighted by atomic mass is 35.5. The van der Waals surface area contributed by atoms with Gasteiger partial charge in [-0.15, -0.1) is 0 Å². The van der Waals surface area contributed by atoms with Crippen LogP contribution >= 0.6 is 23.2 Å². The summed E-state index contributed by atoms with van der Waals surface area (Å²) >= 11 is 12.5. The number of carbonyl (C=O) groups excluding carboxylic acids is 1. The lowest BCUT2D eigenvalue weighted by molar-refractivity contribution is -0.138. The molecule has 2 aromatic rings. The second kappa shape index (κ2) is 6.37. The lowest BCUT2D eigenvalue weighted by atomic mass is 9.99. The lowest BCUT2D eigenvalue weighted by Crippen LogP contribution is -2.37. The van der Waals surface area contributed by atoms with Gasteiger partial charge in [0.1, 0.15) is 17.4 Å². The van der Waals surface area contributed by atoms with Crippen molar-refractivity contribution in [1.29, 1.82) is 0 Å². The molecular formula is C16H17Cl2N3O3. The largest absolute Gasteiger partial charge is 0.495 e. The van der Waals surface area contributed by atoms with Crippen molar-refractivity contribution in [3.05, 3.63) is 33.4 Å². The minimum atomic E-state index is -0.573. The molecule has 0 saturated carbocycles. The Kier molecular flexibility index (Phi) is 4.57. The highest BCUT2D eigenvalue weighted by Crippen LogP contribution is 2.47. The van der Waals surface area contributed by atoms with E-state index in [9.17, 15) is 9.90 Å². The van der Waals surface area contributed by atoms with Crippen molar-refractivity contribution in [1.82, 2.24) is 9.88 Å². The number of amides is 1. The molecule has 0 radical (unpaired) electrons. The van der Waals surface area contributed by atoms with Gasteiger partial charge in [-0.25, -0.2) is 0 Å². The van der Waals surface area contributed by atoms with Crippen molar-refractivity contribution in [2.75, 3.05) is 20.3 Å². The summed E-state index contributed by atoms with van der Waals surface area (Å²) in [6, 6.07) is 1.15. The molecule has 2 heterocycles. The van der Waals surface area contributed by atoms with Crippen LogP contribution in [0.15, 0.2) is 12.3 Å². The number of aromatic nitrogens is 1. The molecule has 0 unspecified atom stereocenters. The van der Waals surface area contributed by atoms with Crippen LogP contribution in [0.1, 0.15) is 30.1 Å². The van der Waals surface area contributed by atoms with E-state index in [2.05, 4.69) is 4.98 Å². The maximum Gasteiger partial charge on any atom is 0.249 e. The van der Waals surface area contributed by atoms with Crippen LogP contribution in [0.5, 0.6) is 5.75 Å². The van der Waals surface area contributed by atoms with Gasteiger partial charge in [0.15, 0.2) is 0 Å².